The van der Waals surface area contributed by atoms with Crippen molar-refractivity contribution in [2.75, 3.05) is 31.1 Å². The zero-order chi connectivity index (χ0) is 19.9. The van der Waals surface area contributed by atoms with Crippen molar-refractivity contribution in [3.05, 3.63) is 24.8 Å². The van der Waals surface area contributed by atoms with Gasteiger partial charge in [-0.1, -0.05) is 0 Å². The highest BCUT2D eigenvalue weighted by molar-refractivity contribution is 6.02. The summed E-state index contributed by atoms with van der Waals surface area (Å²) in [7, 11) is 0. The van der Waals surface area contributed by atoms with Crippen LogP contribution in [0.25, 0.3) is 10.9 Å². The van der Waals surface area contributed by atoms with Gasteiger partial charge in [-0.2, -0.15) is 13.2 Å². The van der Waals surface area contributed by atoms with Crippen molar-refractivity contribution in [3.63, 3.8) is 0 Å². The van der Waals surface area contributed by atoms with E-state index in [-0.39, 0.29) is 17.5 Å². The van der Waals surface area contributed by atoms with Crippen LogP contribution in [0.4, 0.5) is 23.8 Å². The van der Waals surface area contributed by atoms with E-state index < -0.39 is 24.7 Å². The zero-order valence-electron chi connectivity index (χ0n) is 14.8. The first-order valence-corrected chi connectivity index (χ1v) is 8.81. The van der Waals surface area contributed by atoms with Gasteiger partial charge in [-0.3, -0.25) is 14.7 Å². The van der Waals surface area contributed by atoms with Crippen LogP contribution >= 0.6 is 0 Å². The third-order valence-electron chi connectivity index (χ3n) is 5.04. The van der Waals surface area contributed by atoms with Crippen LogP contribution in [0.2, 0.25) is 0 Å². The number of carbonyl (C=O) groups is 2. The molecule has 2 aromatic heterocycles. The van der Waals surface area contributed by atoms with Crippen LogP contribution in [-0.4, -0.2) is 75.1 Å². The fraction of sp³-hybridized carbons (Fsp3) is 0.471. The molecule has 2 aromatic rings. The van der Waals surface area contributed by atoms with E-state index in [1.54, 1.807) is 12.4 Å². The van der Waals surface area contributed by atoms with Crippen LogP contribution in [0.1, 0.15) is 12.8 Å². The predicted octanol–water partition coefficient (Wildman–Crippen LogP) is 1.82. The molecule has 4 rings (SSSR count). The number of anilines is 1. The number of imide groups is 1. The van der Waals surface area contributed by atoms with Gasteiger partial charge in [0.25, 0.3) is 5.91 Å². The van der Waals surface area contributed by atoms with E-state index in [0.717, 1.165) is 16.7 Å². The highest BCUT2D eigenvalue weighted by atomic mass is 19.4. The number of alkyl halides is 3. The summed E-state index contributed by atoms with van der Waals surface area (Å²) in [5.41, 5.74) is 0.720. The summed E-state index contributed by atoms with van der Waals surface area (Å²) >= 11 is 0. The third-order valence-corrected chi connectivity index (χ3v) is 5.04. The Hall–Kier alpha value is -2.98. The lowest BCUT2D eigenvalue weighted by molar-refractivity contribution is -0.151. The predicted molar refractivity (Wildman–Crippen MR) is 92.4 cm³/mol. The molecular weight excluding hydrogens is 377 g/mol. The average Bonchev–Trinajstić information content (AvgIpc) is 2.95. The molecular formula is C17H17F3N6O2. The lowest BCUT2D eigenvalue weighted by Gasteiger charge is -2.37. The van der Waals surface area contributed by atoms with E-state index in [9.17, 15) is 22.8 Å². The Morgan fingerprint density at radius 3 is 2.61 bits per heavy atom. The Morgan fingerprint density at radius 2 is 1.89 bits per heavy atom. The van der Waals surface area contributed by atoms with Gasteiger partial charge < -0.3 is 9.80 Å². The molecule has 0 N–H and O–H groups in total. The largest absolute Gasteiger partial charge is 0.406 e. The van der Waals surface area contributed by atoms with Crippen LogP contribution in [0.5, 0.6) is 0 Å². The van der Waals surface area contributed by atoms with Gasteiger partial charge in [-0.05, 0) is 18.9 Å². The summed E-state index contributed by atoms with van der Waals surface area (Å²) in [6, 6.07) is 0.689. The van der Waals surface area contributed by atoms with Crippen molar-refractivity contribution in [2.45, 2.75) is 25.1 Å². The third kappa shape index (κ3) is 3.43. The monoisotopic (exact) mass is 394 g/mol. The minimum atomic E-state index is -4.60. The maximum Gasteiger partial charge on any atom is 0.406 e. The van der Waals surface area contributed by atoms with E-state index in [4.69, 9.17) is 0 Å². The number of hydrogen-bond acceptors (Lipinski definition) is 6. The highest BCUT2D eigenvalue weighted by Gasteiger charge is 2.45. The zero-order valence-corrected chi connectivity index (χ0v) is 14.8. The van der Waals surface area contributed by atoms with Crippen molar-refractivity contribution in [3.8, 4) is 0 Å². The Labute approximate surface area is 158 Å². The second-order valence-corrected chi connectivity index (χ2v) is 6.81. The van der Waals surface area contributed by atoms with Gasteiger partial charge in [0.2, 0.25) is 0 Å². The molecule has 0 aromatic carbocycles. The van der Waals surface area contributed by atoms with Crippen LogP contribution in [0.15, 0.2) is 24.8 Å². The molecule has 148 valence electrons. The number of halogens is 3. The number of nitrogens with zero attached hydrogens (tertiary/aromatic N) is 6. The van der Waals surface area contributed by atoms with E-state index in [0.29, 0.717) is 25.9 Å². The molecule has 8 nitrogen and oxygen atoms in total. The second-order valence-electron chi connectivity index (χ2n) is 6.81. The van der Waals surface area contributed by atoms with Gasteiger partial charge in [0, 0.05) is 30.7 Å². The molecule has 0 saturated carbocycles. The number of carbonyl (C=O) groups excluding carboxylic acids is 2. The first-order chi connectivity index (χ1) is 13.3. The minimum absolute atomic E-state index is 0.277. The number of pyridine rings is 1. The number of aromatic nitrogens is 3. The maximum absolute atomic E-state index is 12.6. The van der Waals surface area contributed by atoms with Crippen molar-refractivity contribution >= 4 is 28.7 Å². The molecule has 0 aliphatic carbocycles. The molecule has 0 radical (unpaired) electrons. The smallest absolute Gasteiger partial charge is 0.356 e. The molecule has 2 saturated heterocycles. The van der Waals surface area contributed by atoms with Gasteiger partial charge >= 0.3 is 12.2 Å². The van der Waals surface area contributed by atoms with Gasteiger partial charge in [0.05, 0.1) is 11.7 Å². The van der Waals surface area contributed by atoms with E-state index >= 15 is 0 Å². The first kappa shape index (κ1) is 18.4. The fourth-order valence-corrected chi connectivity index (χ4v) is 3.72. The highest BCUT2D eigenvalue weighted by Crippen LogP contribution is 2.29. The second kappa shape index (κ2) is 6.88. The van der Waals surface area contributed by atoms with E-state index in [1.165, 1.54) is 11.2 Å². The number of amides is 3. The Morgan fingerprint density at radius 1 is 1.14 bits per heavy atom. The van der Waals surface area contributed by atoms with Crippen molar-refractivity contribution < 1.29 is 22.8 Å². The van der Waals surface area contributed by atoms with Crippen molar-refractivity contribution in [2.24, 2.45) is 0 Å². The van der Waals surface area contributed by atoms with E-state index in [1.807, 2.05) is 6.07 Å². The summed E-state index contributed by atoms with van der Waals surface area (Å²) in [4.78, 5) is 40.4. The Balaban J connectivity index is 1.44. The lowest BCUT2D eigenvalue weighted by atomic mass is 10.0. The summed E-state index contributed by atoms with van der Waals surface area (Å²) in [6.45, 7) is -0.713. The van der Waals surface area contributed by atoms with Crippen molar-refractivity contribution in [1.29, 1.82) is 0 Å². The first-order valence-electron chi connectivity index (χ1n) is 8.81. The van der Waals surface area contributed by atoms with Crippen LogP contribution in [-0.2, 0) is 4.79 Å². The number of fused-ring (bicyclic) bond motifs is 1. The fourth-order valence-electron chi connectivity index (χ4n) is 3.72. The summed E-state index contributed by atoms with van der Waals surface area (Å²) in [6.07, 6.45) is 1.24. The molecule has 0 unspecified atom stereocenters. The quantitative estimate of drug-likeness (QED) is 0.739. The number of piperidine rings is 1. The van der Waals surface area contributed by atoms with E-state index in [2.05, 4.69) is 19.9 Å². The van der Waals surface area contributed by atoms with Crippen LogP contribution in [0, 0.1) is 0 Å². The van der Waals surface area contributed by atoms with Crippen LogP contribution < -0.4 is 4.90 Å². The van der Waals surface area contributed by atoms with Crippen LogP contribution in [0.3, 0.4) is 0 Å². The van der Waals surface area contributed by atoms with Crippen molar-refractivity contribution in [1.82, 2.24) is 24.8 Å². The minimum Gasteiger partial charge on any atom is -0.356 e. The molecule has 0 bridgehead atoms. The molecule has 2 aliphatic heterocycles. The topological polar surface area (TPSA) is 82.5 Å². The normalized spacial score (nSPS) is 19.2. The summed E-state index contributed by atoms with van der Waals surface area (Å²) in [5.74, 6) is -0.0487. The standard InChI is InChI=1S/C17H17F3N6O2/c18-17(19,20)9-26-14(27)8-25(16(26)28)11-2-5-24(6-3-11)15-12-1-4-21-7-13(12)22-10-23-15/h1,4,7,10-11H,2-3,5-6,8-9H2. The molecule has 28 heavy (non-hydrogen) atoms. The summed E-state index contributed by atoms with van der Waals surface area (Å²) < 4.78 is 37.8. The average molecular weight is 394 g/mol. The molecule has 3 amide bonds. The molecule has 0 atom stereocenters. The van der Waals surface area contributed by atoms with Gasteiger partial charge in [-0.15, -0.1) is 0 Å². The number of rotatable bonds is 3. The number of urea groups is 1. The number of hydrogen-bond donors (Lipinski definition) is 0. The Bertz CT molecular complexity index is 908. The molecule has 11 heteroatoms. The lowest BCUT2D eigenvalue weighted by Crippen LogP contribution is -2.47. The maximum atomic E-state index is 12.6. The molecule has 2 fully saturated rings. The van der Waals surface area contributed by atoms with Gasteiger partial charge in [0.15, 0.2) is 0 Å². The Kier molecular flexibility index (Phi) is 4.52. The molecule has 2 aliphatic rings. The van der Waals surface area contributed by atoms with Gasteiger partial charge in [0.1, 0.15) is 25.2 Å². The van der Waals surface area contributed by atoms with Gasteiger partial charge in [-0.25, -0.2) is 14.8 Å². The SMILES string of the molecule is O=C1CN(C2CCN(c3ncnc4cnccc34)CC2)C(=O)N1CC(F)(F)F. The molecule has 0 spiro atoms. The molecule has 4 heterocycles. The summed E-state index contributed by atoms with van der Waals surface area (Å²) in [5, 5.41) is 0.861.